The van der Waals surface area contributed by atoms with Crippen molar-refractivity contribution in [3.8, 4) is 0 Å². The highest BCUT2D eigenvalue weighted by molar-refractivity contribution is 6.76. The first-order chi connectivity index (χ1) is 6.03. The maximum atomic E-state index is 12.6. The Hall–Kier alpha value is -0.673. The van der Waals surface area contributed by atoms with Gasteiger partial charge in [0.1, 0.15) is 5.82 Å². The predicted octanol–water partition coefficient (Wildman–Crippen LogP) is 2.59. The first-order valence-corrected chi connectivity index (χ1v) is 7.77. The van der Waals surface area contributed by atoms with E-state index in [1.807, 2.05) is 0 Å². The number of halogens is 1. The van der Waals surface area contributed by atoms with Crippen molar-refractivity contribution in [2.24, 2.45) is 0 Å². The lowest BCUT2D eigenvalue weighted by Crippen LogP contribution is -2.33. The molecule has 0 fully saturated rings. The van der Waals surface area contributed by atoms with E-state index in [0.717, 1.165) is 11.6 Å². The van der Waals surface area contributed by atoms with Crippen LogP contribution in [0.4, 0.5) is 4.39 Å². The summed E-state index contributed by atoms with van der Waals surface area (Å²) in [5.41, 5.74) is 1.08. The maximum absolute atomic E-state index is 12.6. The third-order valence-electron chi connectivity index (χ3n) is 1.99. The molecule has 0 N–H and O–H groups in total. The molecule has 0 unspecified atom stereocenters. The van der Waals surface area contributed by atoms with E-state index in [1.165, 1.54) is 12.1 Å². The highest BCUT2D eigenvalue weighted by Gasteiger charge is 2.20. The van der Waals surface area contributed by atoms with Gasteiger partial charge in [-0.05, 0) is 18.2 Å². The minimum Gasteiger partial charge on any atom is -0.241 e. The van der Waals surface area contributed by atoms with Crippen LogP contribution in [0.1, 0.15) is 5.56 Å². The van der Waals surface area contributed by atoms with Gasteiger partial charge in [0.25, 0.3) is 0 Å². The minimum atomic E-state index is -1.61. The van der Waals surface area contributed by atoms with Crippen LogP contribution in [0.3, 0.4) is 0 Å². The Morgan fingerprint density at radius 1 is 1.23 bits per heavy atom. The lowest BCUT2D eigenvalue weighted by molar-refractivity contribution is 0.245. The molecule has 3 heteroatoms. The monoisotopic (exact) mass is 197 g/mol. The third kappa shape index (κ3) is 3.28. The Bertz CT molecular complexity index is 269. The fourth-order valence-corrected chi connectivity index (χ4v) is 2.65. The lowest BCUT2D eigenvalue weighted by atomic mass is 10.2. The van der Waals surface area contributed by atoms with Crippen LogP contribution in [0, 0.1) is 5.82 Å². The van der Waals surface area contributed by atoms with Crippen molar-refractivity contribution < 1.29 is 9.50 Å². The molecule has 1 rings (SSSR count). The second-order valence-electron chi connectivity index (χ2n) is 4.11. The summed E-state index contributed by atoms with van der Waals surface area (Å²) < 4.78 is 12.6. The van der Waals surface area contributed by atoms with E-state index in [0.29, 0.717) is 0 Å². The average Bonchev–Trinajstić information content (AvgIpc) is 2.09. The number of rotatable bonds is 3. The standard InChI is InChI=1S/C10H14FOSi/c1-13(2,8-12)7-9-3-5-10(11)6-4-9/h3-6H,7-8H2,1-2H3. The van der Waals surface area contributed by atoms with Gasteiger partial charge in [0, 0.05) is 0 Å². The molecule has 0 aliphatic carbocycles. The van der Waals surface area contributed by atoms with Gasteiger partial charge in [0.15, 0.2) is 0 Å². The van der Waals surface area contributed by atoms with Crippen molar-refractivity contribution in [1.82, 2.24) is 0 Å². The first-order valence-electron chi connectivity index (χ1n) is 4.36. The molecule has 0 aromatic heterocycles. The van der Waals surface area contributed by atoms with Gasteiger partial charge in [-0.15, -0.1) is 0 Å². The summed E-state index contributed by atoms with van der Waals surface area (Å²) in [6.07, 6.45) is 0.0321. The number of hydrogen-bond acceptors (Lipinski definition) is 0. The van der Waals surface area contributed by atoms with Crippen LogP contribution < -0.4 is 0 Å². The van der Waals surface area contributed by atoms with E-state index >= 15 is 0 Å². The molecule has 0 aliphatic rings. The van der Waals surface area contributed by atoms with Crippen LogP contribution in [-0.4, -0.2) is 14.3 Å². The Labute approximate surface area is 79.2 Å². The molecule has 0 bridgehead atoms. The molecular weight excluding hydrogens is 183 g/mol. The summed E-state index contributed by atoms with van der Waals surface area (Å²) in [6, 6.07) is 7.27. The van der Waals surface area contributed by atoms with Crippen molar-refractivity contribution in [3.63, 3.8) is 0 Å². The van der Waals surface area contributed by atoms with Gasteiger partial charge in [0.2, 0.25) is 0 Å². The Morgan fingerprint density at radius 2 is 1.77 bits per heavy atom. The predicted molar refractivity (Wildman–Crippen MR) is 53.1 cm³/mol. The molecular formula is C10H14FOSi. The van der Waals surface area contributed by atoms with Crippen LogP contribution in [0.2, 0.25) is 13.1 Å². The quantitative estimate of drug-likeness (QED) is 0.664. The molecule has 0 atom stereocenters. The zero-order valence-corrected chi connectivity index (χ0v) is 9.01. The Kier molecular flexibility index (Phi) is 3.22. The number of benzene rings is 1. The summed E-state index contributed by atoms with van der Waals surface area (Å²) in [4.78, 5) is 0. The maximum Gasteiger partial charge on any atom is 0.123 e. The van der Waals surface area contributed by atoms with E-state index in [2.05, 4.69) is 13.1 Å². The van der Waals surface area contributed by atoms with Crippen LogP contribution >= 0.6 is 0 Å². The summed E-state index contributed by atoms with van der Waals surface area (Å²) in [5, 5.41) is 10.8. The van der Waals surface area contributed by atoms with Gasteiger partial charge in [-0.2, -0.15) is 0 Å². The molecule has 0 heterocycles. The van der Waals surface area contributed by atoms with E-state index in [1.54, 1.807) is 12.1 Å². The lowest BCUT2D eigenvalue weighted by Gasteiger charge is -2.17. The summed E-state index contributed by atoms with van der Waals surface area (Å²) >= 11 is 0. The SMILES string of the molecule is C[Si](C)(C[O])Cc1ccc(F)cc1. The van der Waals surface area contributed by atoms with E-state index in [4.69, 9.17) is 0 Å². The zero-order chi connectivity index (χ0) is 9.90. The molecule has 1 aromatic rings. The fraction of sp³-hybridized carbons (Fsp3) is 0.400. The summed E-state index contributed by atoms with van der Waals surface area (Å²) in [5.74, 6) is -0.217. The van der Waals surface area contributed by atoms with Gasteiger partial charge in [-0.25, -0.2) is 9.50 Å². The van der Waals surface area contributed by atoms with Crippen LogP contribution in [0.5, 0.6) is 0 Å². The van der Waals surface area contributed by atoms with Crippen LogP contribution in [0.15, 0.2) is 24.3 Å². The van der Waals surface area contributed by atoms with Crippen LogP contribution in [0.25, 0.3) is 0 Å². The average molecular weight is 197 g/mol. The van der Waals surface area contributed by atoms with Crippen molar-refractivity contribution >= 4 is 8.07 Å². The van der Waals surface area contributed by atoms with Gasteiger partial charge >= 0.3 is 0 Å². The van der Waals surface area contributed by atoms with Crippen molar-refractivity contribution in [3.05, 3.63) is 35.6 Å². The third-order valence-corrected chi connectivity index (χ3v) is 4.13. The molecule has 0 spiro atoms. The molecule has 1 radical (unpaired) electrons. The Morgan fingerprint density at radius 3 is 2.23 bits per heavy atom. The molecule has 0 aliphatic heterocycles. The molecule has 71 valence electrons. The van der Waals surface area contributed by atoms with Gasteiger partial charge < -0.3 is 0 Å². The van der Waals surface area contributed by atoms with Crippen molar-refractivity contribution in [2.45, 2.75) is 19.1 Å². The van der Waals surface area contributed by atoms with Crippen molar-refractivity contribution in [1.29, 1.82) is 0 Å². The highest BCUT2D eigenvalue weighted by Crippen LogP contribution is 2.11. The molecule has 1 aromatic carbocycles. The fourth-order valence-electron chi connectivity index (χ4n) is 1.21. The summed E-state index contributed by atoms with van der Waals surface area (Å²) in [6.45, 7) is 4.12. The second-order valence-corrected chi connectivity index (χ2v) is 9.08. The van der Waals surface area contributed by atoms with E-state index in [9.17, 15) is 9.50 Å². The topological polar surface area (TPSA) is 19.9 Å². The van der Waals surface area contributed by atoms with E-state index in [-0.39, 0.29) is 12.0 Å². The minimum absolute atomic E-state index is 0.0321. The van der Waals surface area contributed by atoms with Crippen LogP contribution in [-0.2, 0) is 11.2 Å². The normalized spacial score (nSPS) is 11.7. The Balaban J connectivity index is 2.69. The first kappa shape index (κ1) is 10.4. The highest BCUT2D eigenvalue weighted by atomic mass is 28.3. The van der Waals surface area contributed by atoms with Gasteiger partial charge in [0.05, 0.1) is 14.3 Å². The van der Waals surface area contributed by atoms with Gasteiger partial charge in [-0.1, -0.05) is 30.8 Å². The zero-order valence-electron chi connectivity index (χ0n) is 8.01. The van der Waals surface area contributed by atoms with Gasteiger partial charge in [-0.3, -0.25) is 0 Å². The molecule has 0 saturated carbocycles. The number of hydrogen-bond donors (Lipinski definition) is 0. The smallest absolute Gasteiger partial charge is 0.123 e. The molecule has 1 nitrogen and oxygen atoms in total. The summed E-state index contributed by atoms with van der Waals surface area (Å²) in [7, 11) is -1.61. The molecule has 13 heavy (non-hydrogen) atoms. The second kappa shape index (κ2) is 4.02. The molecule has 0 saturated heterocycles. The largest absolute Gasteiger partial charge is 0.241 e. The molecule has 0 amide bonds. The van der Waals surface area contributed by atoms with E-state index < -0.39 is 8.07 Å². The van der Waals surface area contributed by atoms with Crippen molar-refractivity contribution in [2.75, 3.05) is 6.23 Å².